The predicted molar refractivity (Wildman–Crippen MR) is 110 cm³/mol. The third-order valence-electron chi connectivity index (χ3n) is 6.13. The van der Waals surface area contributed by atoms with Crippen LogP contribution in [0.2, 0.25) is 0 Å². The summed E-state index contributed by atoms with van der Waals surface area (Å²) in [4.78, 5) is 31.5. The van der Waals surface area contributed by atoms with Gasteiger partial charge in [-0.3, -0.25) is 9.69 Å². The van der Waals surface area contributed by atoms with Gasteiger partial charge in [0.25, 0.3) is 0 Å². The van der Waals surface area contributed by atoms with E-state index in [0.717, 1.165) is 71.4 Å². The molecule has 0 aromatic heterocycles. The van der Waals surface area contributed by atoms with Crippen LogP contribution in [-0.2, 0) is 4.79 Å². The third kappa shape index (κ3) is 6.46. The second-order valence-corrected chi connectivity index (χ2v) is 8.37. The van der Waals surface area contributed by atoms with Crippen molar-refractivity contribution in [2.75, 3.05) is 46.3 Å². The molecule has 2 fully saturated rings. The van der Waals surface area contributed by atoms with Crippen LogP contribution in [0.4, 0.5) is 4.79 Å². The average molecular weight is 381 g/mol. The Kier molecular flexibility index (Phi) is 9.03. The van der Waals surface area contributed by atoms with Gasteiger partial charge < -0.3 is 15.1 Å². The zero-order chi connectivity index (χ0) is 19.8. The molecule has 2 rings (SSSR count). The molecule has 0 bridgehead atoms. The zero-order valence-corrected chi connectivity index (χ0v) is 17.9. The molecule has 1 saturated heterocycles. The molecule has 1 N–H and O–H groups in total. The van der Waals surface area contributed by atoms with E-state index in [0.29, 0.717) is 24.2 Å². The van der Waals surface area contributed by atoms with Crippen LogP contribution in [0.5, 0.6) is 0 Å². The van der Waals surface area contributed by atoms with Crippen molar-refractivity contribution in [3.05, 3.63) is 0 Å². The summed E-state index contributed by atoms with van der Waals surface area (Å²) in [6, 6.07) is 0.726. The molecule has 0 spiro atoms. The molecule has 27 heavy (non-hydrogen) atoms. The number of likely N-dealkylation sites (N-methyl/N-ethyl adjacent to an activating group) is 2. The minimum absolute atomic E-state index is 0.0458. The monoisotopic (exact) mass is 380 g/mol. The summed E-state index contributed by atoms with van der Waals surface area (Å²) in [6.45, 7) is 11.8. The number of hydrogen-bond donors (Lipinski definition) is 1. The van der Waals surface area contributed by atoms with E-state index in [1.165, 1.54) is 0 Å². The number of nitrogens with zero attached hydrogens (tertiary/aromatic N) is 3. The number of nitrogens with one attached hydrogen (secondary N) is 1. The largest absolute Gasteiger partial charge is 0.334 e. The number of urea groups is 1. The Morgan fingerprint density at radius 1 is 1.19 bits per heavy atom. The van der Waals surface area contributed by atoms with Crippen molar-refractivity contribution < 1.29 is 9.59 Å². The minimum atomic E-state index is 0.0458. The zero-order valence-electron chi connectivity index (χ0n) is 17.9. The summed E-state index contributed by atoms with van der Waals surface area (Å²) in [5.41, 5.74) is 0. The van der Waals surface area contributed by atoms with E-state index in [4.69, 9.17) is 0 Å². The first-order valence-electron chi connectivity index (χ1n) is 11.0. The first kappa shape index (κ1) is 22.2. The number of carbonyl (C=O) groups excluding carboxylic acids is 2. The second-order valence-electron chi connectivity index (χ2n) is 8.37. The van der Waals surface area contributed by atoms with Crippen molar-refractivity contribution in [1.82, 2.24) is 20.0 Å². The highest BCUT2D eigenvalue weighted by molar-refractivity contribution is 5.79. The highest BCUT2D eigenvalue weighted by Gasteiger charge is 2.39. The number of amides is 2. The molecule has 0 radical (unpaired) electrons. The fourth-order valence-corrected chi connectivity index (χ4v) is 4.76. The Labute approximate surface area is 165 Å². The van der Waals surface area contributed by atoms with Crippen molar-refractivity contribution in [3.8, 4) is 0 Å². The lowest BCUT2D eigenvalue weighted by molar-refractivity contribution is -0.124. The van der Waals surface area contributed by atoms with Gasteiger partial charge in [0.2, 0.25) is 0 Å². The highest BCUT2D eigenvalue weighted by atomic mass is 16.2. The average Bonchev–Trinajstić information content (AvgIpc) is 2.62. The Bertz CT molecular complexity index is 485. The summed E-state index contributed by atoms with van der Waals surface area (Å²) in [6.07, 6.45) is 5.60. The molecule has 1 heterocycles. The van der Waals surface area contributed by atoms with E-state index in [-0.39, 0.29) is 12.1 Å². The third-order valence-corrected chi connectivity index (χ3v) is 6.13. The normalized spacial score (nSPS) is 26.1. The molecule has 1 aliphatic heterocycles. The molecule has 3 atom stereocenters. The Balaban J connectivity index is 1.91. The number of fused-ring (bicyclic) bond motifs is 1. The topological polar surface area (TPSA) is 55.9 Å². The SMILES string of the molecule is CCCN(C)CCN(CC)C(=O)N[C@H]1C[C@@H]2CC(=O)CC[C@H]2N(CCC)C1. The lowest BCUT2D eigenvalue weighted by Gasteiger charge is -2.47. The number of likely N-dealkylation sites (tertiary alicyclic amines) is 1. The quantitative estimate of drug-likeness (QED) is 0.668. The van der Waals surface area contributed by atoms with Gasteiger partial charge in [-0.15, -0.1) is 0 Å². The fraction of sp³-hybridized carbons (Fsp3) is 0.905. The van der Waals surface area contributed by atoms with E-state index < -0.39 is 0 Å². The molecule has 6 nitrogen and oxygen atoms in total. The van der Waals surface area contributed by atoms with Gasteiger partial charge in [0.15, 0.2) is 0 Å². The number of hydrogen-bond acceptors (Lipinski definition) is 4. The van der Waals surface area contributed by atoms with Gasteiger partial charge in [0, 0.05) is 51.1 Å². The Morgan fingerprint density at radius 3 is 2.63 bits per heavy atom. The lowest BCUT2D eigenvalue weighted by Crippen LogP contribution is -2.59. The Hall–Kier alpha value is -1.14. The molecule has 0 aromatic carbocycles. The van der Waals surface area contributed by atoms with Crippen LogP contribution in [0.3, 0.4) is 0 Å². The van der Waals surface area contributed by atoms with Gasteiger partial charge in [-0.25, -0.2) is 4.79 Å². The Morgan fingerprint density at radius 2 is 1.96 bits per heavy atom. The first-order valence-corrected chi connectivity index (χ1v) is 11.0. The van der Waals surface area contributed by atoms with E-state index >= 15 is 0 Å². The smallest absolute Gasteiger partial charge is 0.317 e. The molecule has 1 aliphatic carbocycles. The molecule has 2 amide bonds. The summed E-state index contributed by atoms with van der Waals surface area (Å²) in [5.74, 6) is 0.802. The standard InChI is InChI=1S/C21H40N4O2/c1-5-10-23(4)12-13-24(7-3)21(27)22-18-14-17-15-19(26)8-9-20(17)25(16-18)11-6-2/h17-18,20H,5-16H2,1-4H3,(H,22,27)/t17-,18+,20-/m1/s1. The molecule has 6 heteroatoms. The maximum Gasteiger partial charge on any atom is 0.317 e. The summed E-state index contributed by atoms with van der Waals surface area (Å²) in [7, 11) is 2.11. The van der Waals surface area contributed by atoms with Crippen molar-refractivity contribution in [1.29, 1.82) is 0 Å². The second kappa shape index (κ2) is 11.0. The molecular formula is C21H40N4O2. The van der Waals surface area contributed by atoms with Gasteiger partial charge in [0.05, 0.1) is 0 Å². The van der Waals surface area contributed by atoms with Gasteiger partial charge in [-0.05, 0) is 58.7 Å². The van der Waals surface area contributed by atoms with Crippen LogP contribution in [0.1, 0.15) is 59.3 Å². The molecular weight excluding hydrogens is 340 g/mol. The summed E-state index contributed by atoms with van der Waals surface area (Å²) in [5, 5.41) is 3.28. The van der Waals surface area contributed by atoms with Crippen molar-refractivity contribution in [3.63, 3.8) is 0 Å². The van der Waals surface area contributed by atoms with Crippen molar-refractivity contribution in [2.45, 2.75) is 71.4 Å². The predicted octanol–water partition coefficient (Wildman–Crippen LogP) is 2.58. The fourth-order valence-electron chi connectivity index (χ4n) is 4.76. The van der Waals surface area contributed by atoms with E-state index in [2.05, 4.69) is 36.0 Å². The molecule has 0 aromatic rings. The maximum absolute atomic E-state index is 12.8. The molecule has 156 valence electrons. The van der Waals surface area contributed by atoms with Crippen LogP contribution < -0.4 is 5.32 Å². The molecule has 1 saturated carbocycles. The molecule has 0 unspecified atom stereocenters. The van der Waals surface area contributed by atoms with E-state index in [1.54, 1.807) is 0 Å². The maximum atomic E-state index is 12.8. The van der Waals surface area contributed by atoms with Gasteiger partial charge in [-0.1, -0.05) is 13.8 Å². The first-order chi connectivity index (χ1) is 13.0. The van der Waals surface area contributed by atoms with Gasteiger partial charge in [-0.2, -0.15) is 0 Å². The van der Waals surface area contributed by atoms with Crippen molar-refractivity contribution >= 4 is 11.8 Å². The van der Waals surface area contributed by atoms with Crippen LogP contribution in [-0.4, -0.2) is 84.9 Å². The van der Waals surface area contributed by atoms with Gasteiger partial charge >= 0.3 is 6.03 Å². The minimum Gasteiger partial charge on any atom is -0.334 e. The lowest BCUT2D eigenvalue weighted by atomic mass is 9.76. The highest BCUT2D eigenvalue weighted by Crippen LogP contribution is 2.34. The van der Waals surface area contributed by atoms with Crippen LogP contribution in [0.25, 0.3) is 0 Å². The van der Waals surface area contributed by atoms with Crippen LogP contribution in [0.15, 0.2) is 0 Å². The number of carbonyl (C=O) groups is 2. The van der Waals surface area contributed by atoms with E-state index in [9.17, 15) is 9.59 Å². The van der Waals surface area contributed by atoms with E-state index in [1.807, 2.05) is 11.8 Å². The van der Waals surface area contributed by atoms with Crippen LogP contribution >= 0.6 is 0 Å². The number of Topliss-reactive ketones (excluding diaryl/α,β-unsaturated/α-hetero) is 1. The van der Waals surface area contributed by atoms with Crippen molar-refractivity contribution in [2.24, 2.45) is 5.92 Å². The summed E-state index contributed by atoms with van der Waals surface area (Å²) < 4.78 is 0. The summed E-state index contributed by atoms with van der Waals surface area (Å²) >= 11 is 0. The number of piperidine rings is 1. The van der Waals surface area contributed by atoms with Gasteiger partial charge in [0.1, 0.15) is 5.78 Å². The molecule has 2 aliphatic rings. The number of ketones is 1. The van der Waals surface area contributed by atoms with Crippen LogP contribution in [0, 0.1) is 5.92 Å². The number of rotatable bonds is 9.